The van der Waals surface area contributed by atoms with Gasteiger partial charge in [0, 0.05) is 17.8 Å². The first-order valence-corrected chi connectivity index (χ1v) is 11.0. The Balaban J connectivity index is 1.51. The van der Waals surface area contributed by atoms with Crippen molar-refractivity contribution in [1.29, 1.82) is 0 Å². The minimum absolute atomic E-state index is 0.0856. The highest BCUT2D eigenvalue weighted by Gasteiger charge is 2.45. The van der Waals surface area contributed by atoms with Gasteiger partial charge in [-0.25, -0.2) is 4.79 Å². The molecule has 2 atom stereocenters. The van der Waals surface area contributed by atoms with E-state index in [0.717, 1.165) is 35.0 Å². The van der Waals surface area contributed by atoms with E-state index in [1.54, 1.807) is 30.5 Å². The summed E-state index contributed by atoms with van der Waals surface area (Å²) in [5, 5.41) is 13.4. The normalized spacial score (nSPS) is 21.4. The predicted molar refractivity (Wildman–Crippen MR) is 121 cm³/mol. The molecule has 0 amide bonds. The van der Waals surface area contributed by atoms with Gasteiger partial charge < -0.3 is 19.7 Å². The molecule has 5 rings (SSSR count). The fourth-order valence-corrected chi connectivity index (χ4v) is 5.08. The molecule has 1 aromatic carbocycles. The third kappa shape index (κ3) is 3.70. The molecule has 2 aliphatic rings. The van der Waals surface area contributed by atoms with E-state index in [1.165, 1.54) is 12.8 Å². The van der Waals surface area contributed by atoms with Crippen LogP contribution in [-0.4, -0.2) is 32.1 Å². The molecule has 31 heavy (non-hydrogen) atoms. The van der Waals surface area contributed by atoms with E-state index >= 15 is 0 Å². The molecular weight excluding hydrogens is 410 g/mol. The van der Waals surface area contributed by atoms with Crippen molar-refractivity contribution in [1.82, 2.24) is 15.2 Å². The number of nitrogens with one attached hydrogen (secondary N) is 1. The van der Waals surface area contributed by atoms with Gasteiger partial charge in [0.15, 0.2) is 5.11 Å². The third-order valence-electron chi connectivity index (χ3n) is 6.19. The van der Waals surface area contributed by atoms with Crippen LogP contribution in [0.3, 0.4) is 0 Å². The molecule has 2 aromatic heterocycles. The van der Waals surface area contributed by atoms with Gasteiger partial charge in [0.2, 0.25) is 0 Å². The Hall–Kier alpha value is -3.19. The van der Waals surface area contributed by atoms with Crippen LogP contribution in [0, 0.1) is 0 Å². The van der Waals surface area contributed by atoms with E-state index < -0.39 is 5.97 Å². The van der Waals surface area contributed by atoms with E-state index in [1.807, 2.05) is 30.3 Å². The smallest absolute Gasteiger partial charge is 0.335 e. The van der Waals surface area contributed by atoms with Crippen LogP contribution in [-0.2, 0) is 0 Å². The highest BCUT2D eigenvalue weighted by Crippen LogP contribution is 2.44. The number of benzene rings is 1. The molecule has 0 radical (unpaired) electrons. The molecule has 3 heterocycles. The Bertz CT molecular complexity index is 1090. The molecule has 0 spiro atoms. The summed E-state index contributed by atoms with van der Waals surface area (Å²) in [6.45, 7) is 0. The fourth-order valence-electron chi connectivity index (χ4n) is 4.69. The van der Waals surface area contributed by atoms with Crippen molar-refractivity contribution in [3.8, 4) is 11.3 Å². The van der Waals surface area contributed by atoms with Gasteiger partial charge in [-0.15, -0.1) is 0 Å². The number of thiocarbonyl (C=S) groups is 1. The van der Waals surface area contributed by atoms with E-state index in [4.69, 9.17) is 21.7 Å². The van der Waals surface area contributed by atoms with Crippen LogP contribution >= 0.6 is 12.2 Å². The van der Waals surface area contributed by atoms with Crippen LogP contribution in [0.25, 0.3) is 11.3 Å². The Morgan fingerprint density at radius 1 is 1.10 bits per heavy atom. The Morgan fingerprint density at radius 2 is 1.87 bits per heavy atom. The van der Waals surface area contributed by atoms with Gasteiger partial charge in [-0.2, -0.15) is 0 Å². The van der Waals surface area contributed by atoms with Crippen molar-refractivity contribution in [2.45, 2.75) is 43.8 Å². The van der Waals surface area contributed by atoms with Crippen molar-refractivity contribution in [2.24, 2.45) is 0 Å². The van der Waals surface area contributed by atoms with Gasteiger partial charge in [-0.1, -0.05) is 31.0 Å². The zero-order valence-electron chi connectivity index (χ0n) is 16.9. The lowest BCUT2D eigenvalue weighted by Crippen LogP contribution is -2.37. The lowest BCUT2D eigenvalue weighted by molar-refractivity contribution is 0.0697. The molecule has 2 N–H and O–H groups in total. The molecule has 3 aromatic rings. The summed E-state index contributed by atoms with van der Waals surface area (Å²) in [6, 6.07) is 16.8. The van der Waals surface area contributed by atoms with Crippen molar-refractivity contribution in [2.75, 3.05) is 0 Å². The van der Waals surface area contributed by atoms with Crippen molar-refractivity contribution in [3.05, 3.63) is 77.8 Å². The Morgan fingerprint density at radius 3 is 2.55 bits per heavy atom. The number of carboxylic acid groups (broad SMARTS) is 1. The molecule has 1 saturated heterocycles. The number of hydrogen-bond donors (Lipinski definition) is 2. The summed E-state index contributed by atoms with van der Waals surface area (Å²) in [7, 11) is 0. The van der Waals surface area contributed by atoms with Gasteiger partial charge in [0.05, 0.1) is 17.3 Å². The molecule has 6 nitrogen and oxygen atoms in total. The van der Waals surface area contributed by atoms with Crippen LogP contribution in [0.4, 0.5) is 0 Å². The minimum Gasteiger partial charge on any atom is -0.478 e. The first-order chi connectivity index (χ1) is 15.1. The maximum Gasteiger partial charge on any atom is 0.335 e. The molecular formula is C24H23N3O3S. The number of hydrogen-bond acceptors (Lipinski definition) is 4. The average molecular weight is 434 g/mol. The van der Waals surface area contributed by atoms with Crippen LogP contribution < -0.4 is 5.32 Å². The van der Waals surface area contributed by atoms with Crippen molar-refractivity contribution >= 4 is 23.3 Å². The maximum absolute atomic E-state index is 11.1. The molecule has 7 heteroatoms. The molecule has 1 aliphatic carbocycles. The Labute approximate surface area is 185 Å². The third-order valence-corrected chi connectivity index (χ3v) is 6.52. The average Bonchev–Trinajstić information content (AvgIpc) is 3.54. The van der Waals surface area contributed by atoms with Gasteiger partial charge in [0.1, 0.15) is 17.6 Å². The number of carboxylic acids is 1. The van der Waals surface area contributed by atoms with Crippen LogP contribution in [0.15, 0.2) is 65.2 Å². The summed E-state index contributed by atoms with van der Waals surface area (Å²) in [6.07, 6.45) is 6.47. The highest BCUT2D eigenvalue weighted by atomic mass is 32.1. The molecule has 158 valence electrons. The second kappa shape index (κ2) is 8.15. The largest absolute Gasteiger partial charge is 0.478 e. The Kier molecular flexibility index (Phi) is 5.19. The number of aromatic nitrogens is 1. The van der Waals surface area contributed by atoms with E-state index in [2.05, 4.69) is 15.2 Å². The van der Waals surface area contributed by atoms with E-state index in [-0.39, 0.29) is 17.6 Å². The van der Waals surface area contributed by atoms with Gasteiger partial charge >= 0.3 is 5.97 Å². The van der Waals surface area contributed by atoms with E-state index in [0.29, 0.717) is 11.8 Å². The predicted octanol–water partition coefficient (Wildman–Crippen LogP) is 4.95. The lowest BCUT2D eigenvalue weighted by Gasteiger charge is -2.31. The van der Waals surface area contributed by atoms with E-state index in [9.17, 15) is 4.79 Å². The zero-order chi connectivity index (χ0) is 21.4. The summed E-state index contributed by atoms with van der Waals surface area (Å²) in [5.74, 6) is 0.589. The van der Waals surface area contributed by atoms with Gasteiger partial charge in [0.25, 0.3) is 0 Å². The van der Waals surface area contributed by atoms with Gasteiger partial charge in [-0.05, 0) is 61.5 Å². The number of rotatable bonds is 5. The summed E-state index contributed by atoms with van der Waals surface area (Å²) < 4.78 is 6.33. The zero-order valence-corrected chi connectivity index (χ0v) is 17.7. The first kappa shape index (κ1) is 19.8. The number of nitrogens with zero attached hydrogens (tertiary/aromatic N) is 2. The van der Waals surface area contributed by atoms with Crippen LogP contribution in [0.5, 0.6) is 0 Å². The number of aromatic carboxylic acids is 1. The first-order valence-electron chi connectivity index (χ1n) is 10.5. The van der Waals surface area contributed by atoms with Crippen molar-refractivity contribution in [3.63, 3.8) is 0 Å². The molecule has 0 bridgehead atoms. The highest BCUT2D eigenvalue weighted by molar-refractivity contribution is 7.80. The van der Waals surface area contributed by atoms with Gasteiger partial charge in [-0.3, -0.25) is 4.98 Å². The summed E-state index contributed by atoms with van der Waals surface area (Å²) in [4.78, 5) is 18.0. The molecule has 1 aliphatic heterocycles. The van der Waals surface area contributed by atoms with Crippen LogP contribution in [0.1, 0.15) is 59.6 Å². The summed E-state index contributed by atoms with van der Waals surface area (Å²) in [5.41, 5.74) is 2.02. The fraction of sp³-hybridized carbons (Fsp3) is 0.292. The quantitative estimate of drug-likeness (QED) is 0.551. The monoisotopic (exact) mass is 433 g/mol. The van der Waals surface area contributed by atoms with Crippen molar-refractivity contribution < 1.29 is 14.3 Å². The van der Waals surface area contributed by atoms with Crippen LogP contribution in [0.2, 0.25) is 0 Å². The maximum atomic E-state index is 11.1. The number of pyridine rings is 1. The minimum atomic E-state index is -0.942. The summed E-state index contributed by atoms with van der Waals surface area (Å²) >= 11 is 5.76. The molecule has 2 unspecified atom stereocenters. The molecule has 1 saturated carbocycles. The lowest BCUT2D eigenvalue weighted by atomic mass is 10.0. The molecule has 2 fully saturated rings. The second-order valence-electron chi connectivity index (χ2n) is 8.06. The number of furan rings is 1. The second-order valence-corrected chi connectivity index (χ2v) is 8.44. The standard InChI is InChI=1S/C24H23N3O3S/c28-23(29)16-10-8-15(9-11-16)19-12-13-20(30-19)22-21(18-7-3-4-14-25-18)26-24(31)27(22)17-5-1-2-6-17/h3-4,7-14,17,21-22H,1-2,5-6H2,(H,26,31)(H,28,29). The topological polar surface area (TPSA) is 78.6 Å². The SMILES string of the molecule is O=C(O)c1ccc(-c2ccc(C3C(c4ccccn4)NC(=S)N3C3CCCC3)o2)cc1. The number of carbonyl (C=O) groups is 1.